The van der Waals surface area contributed by atoms with Crippen LogP contribution in [0, 0.1) is 23.3 Å². The summed E-state index contributed by atoms with van der Waals surface area (Å²) < 4.78 is 53.0. The average molecular weight is 348 g/mol. The minimum Gasteiger partial charge on any atom is -0.321 e. The monoisotopic (exact) mass is 347 g/mol. The van der Waals surface area contributed by atoms with Crippen LogP contribution in [0.5, 0.6) is 0 Å². The second-order valence-electron chi connectivity index (χ2n) is 3.82. The van der Waals surface area contributed by atoms with Gasteiger partial charge in [-0.15, -0.1) is 0 Å². The molecule has 0 bridgehead atoms. The highest BCUT2D eigenvalue weighted by molar-refractivity contribution is 9.10. The van der Waals surface area contributed by atoms with E-state index < -0.39 is 34.7 Å². The third-order valence-electron chi connectivity index (χ3n) is 2.41. The molecule has 2 rings (SSSR count). The highest BCUT2D eigenvalue weighted by Gasteiger charge is 2.19. The van der Waals surface area contributed by atoms with Crippen molar-refractivity contribution in [3.05, 3.63) is 63.6 Å². The van der Waals surface area contributed by atoms with Crippen molar-refractivity contribution >= 4 is 27.5 Å². The number of benzene rings is 2. The topological polar surface area (TPSA) is 29.1 Å². The van der Waals surface area contributed by atoms with E-state index in [0.29, 0.717) is 16.6 Å². The van der Waals surface area contributed by atoms with E-state index in [9.17, 15) is 22.4 Å². The Morgan fingerprint density at radius 2 is 1.55 bits per heavy atom. The molecule has 20 heavy (non-hydrogen) atoms. The summed E-state index contributed by atoms with van der Waals surface area (Å²) in [7, 11) is 0. The van der Waals surface area contributed by atoms with E-state index in [1.807, 2.05) is 0 Å². The molecule has 0 saturated heterocycles. The van der Waals surface area contributed by atoms with Gasteiger partial charge in [-0.3, -0.25) is 4.79 Å². The third-order valence-corrected chi connectivity index (χ3v) is 3.10. The Morgan fingerprint density at radius 1 is 0.950 bits per heavy atom. The Balaban J connectivity index is 2.36. The first-order valence-corrected chi connectivity index (χ1v) is 6.08. The predicted molar refractivity (Wildman–Crippen MR) is 68.4 cm³/mol. The summed E-state index contributed by atoms with van der Waals surface area (Å²) in [5.41, 5.74) is -0.944. The van der Waals surface area contributed by atoms with Gasteiger partial charge in [-0.25, -0.2) is 17.6 Å². The highest BCUT2D eigenvalue weighted by atomic mass is 79.9. The van der Waals surface area contributed by atoms with E-state index in [1.54, 1.807) is 0 Å². The maximum absolute atomic E-state index is 13.4. The van der Waals surface area contributed by atoms with Crippen LogP contribution in [0.4, 0.5) is 23.2 Å². The van der Waals surface area contributed by atoms with Gasteiger partial charge >= 0.3 is 0 Å². The van der Waals surface area contributed by atoms with Gasteiger partial charge in [-0.2, -0.15) is 0 Å². The minimum absolute atomic E-state index is 0.00174. The molecule has 2 aromatic carbocycles. The molecular formula is C13H6BrF4NO. The van der Waals surface area contributed by atoms with Crippen LogP contribution in [-0.2, 0) is 0 Å². The first-order chi connectivity index (χ1) is 9.38. The van der Waals surface area contributed by atoms with Crippen molar-refractivity contribution in [1.82, 2.24) is 0 Å². The zero-order valence-corrected chi connectivity index (χ0v) is 11.3. The summed E-state index contributed by atoms with van der Waals surface area (Å²) in [5, 5.41) is 2.14. The van der Waals surface area contributed by atoms with E-state index in [2.05, 4.69) is 21.2 Å². The molecule has 0 radical (unpaired) electrons. The van der Waals surface area contributed by atoms with Crippen LogP contribution < -0.4 is 5.32 Å². The second kappa shape index (κ2) is 5.62. The largest absolute Gasteiger partial charge is 0.321 e. The number of carbonyl (C=O) groups excluding carboxylic acids is 1. The summed E-state index contributed by atoms with van der Waals surface area (Å²) in [6, 6.07) is 4.21. The molecule has 2 aromatic rings. The Kier molecular flexibility index (Phi) is 4.08. The molecule has 0 fully saturated rings. The highest BCUT2D eigenvalue weighted by Crippen LogP contribution is 2.24. The van der Waals surface area contributed by atoms with E-state index in [1.165, 1.54) is 6.07 Å². The van der Waals surface area contributed by atoms with Crippen LogP contribution in [0.2, 0.25) is 0 Å². The quantitative estimate of drug-likeness (QED) is 0.808. The number of hydrogen-bond donors (Lipinski definition) is 1. The summed E-state index contributed by atoms with van der Waals surface area (Å²) in [5.74, 6) is -5.60. The van der Waals surface area contributed by atoms with Crippen LogP contribution in [0.15, 0.2) is 34.8 Å². The van der Waals surface area contributed by atoms with E-state index in [4.69, 9.17) is 0 Å². The molecule has 0 aromatic heterocycles. The lowest BCUT2D eigenvalue weighted by molar-refractivity contribution is 0.101. The molecule has 0 saturated carbocycles. The summed E-state index contributed by atoms with van der Waals surface area (Å²) in [4.78, 5) is 11.8. The third kappa shape index (κ3) is 2.98. The molecule has 0 atom stereocenters. The number of amides is 1. The first kappa shape index (κ1) is 14.5. The maximum Gasteiger partial charge on any atom is 0.261 e. The van der Waals surface area contributed by atoms with Crippen molar-refractivity contribution in [2.75, 3.05) is 5.32 Å². The molecule has 0 aliphatic heterocycles. The standard InChI is InChI=1S/C13H6BrF4NO/c14-8-2-1-6(15)5-11(8)19-13(20)12-9(17)3-7(16)4-10(12)18/h1-5H,(H,19,20). The lowest BCUT2D eigenvalue weighted by atomic mass is 10.1. The van der Waals surface area contributed by atoms with Crippen molar-refractivity contribution in [3.63, 3.8) is 0 Å². The zero-order valence-electron chi connectivity index (χ0n) is 9.68. The van der Waals surface area contributed by atoms with E-state index in [0.717, 1.165) is 12.1 Å². The van der Waals surface area contributed by atoms with Crippen LogP contribution >= 0.6 is 15.9 Å². The van der Waals surface area contributed by atoms with Crippen molar-refractivity contribution < 1.29 is 22.4 Å². The van der Waals surface area contributed by atoms with Gasteiger partial charge in [0.15, 0.2) is 0 Å². The van der Waals surface area contributed by atoms with Gasteiger partial charge in [0.25, 0.3) is 5.91 Å². The molecule has 0 aliphatic carbocycles. The SMILES string of the molecule is O=C(Nc1cc(F)ccc1Br)c1c(F)cc(F)cc1F. The van der Waals surface area contributed by atoms with Gasteiger partial charge in [0.05, 0.1) is 5.69 Å². The summed E-state index contributed by atoms with van der Waals surface area (Å²) >= 11 is 3.05. The fraction of sp³-hybridized carbons (Fsp3) is 0. The second-order valence-corrected chi connectivity index (χ2v) is 4.68. The normalized spacial score (nSPS) is 10.4. The number of nitrogens with one attached hydrogen (secondary N) is 1. The summed E-state index contributed by atoms with van der Waals surface area (Å²) in [6.07, 6.45) is 0. The van der Waals surface area contributed by atoms with Gasteiger partial charge in [-0.05, 0) is 34.1 Å². The van der Waals surface area contributed by atoms with Crippen molar-refractivity contribution in [3.8, 4) is 0 Å². The Labute approximate surface area is 119 Å². The molecule has 0 heterocycles. The minimum atomic E-state index is -1.34. The van der Waals surface area contributed by atoms with Gasteiger partial charge in [0.1, 0.15) is 28.8 Å². The number of hydrogen-bond acceptors (Lipinski definition) is 1. The molecule has 1 amide bonds. The fourth-order valence-electron chi connectivity index (χ4n) is 1.54. The Hall–Kier alpha value is -1.89. The van der Waals surface area contributed by atoms with E-state index in [-0.39, 0.29) is 5.69 Å². The van der Waals surface area contributed by atoms with E-state index >= 15 is 0 Å². The maximum atomic E-state index is 13.4. The van der Waals surface area contributed by atoms with Gasteiger partial charge in [0.2, 0.25) is 0 Å². The number of rotatable bonds is 2. The Morgan fingerprint density at radius 3 is 2.15 bits per heavy atom. The van der Waals surface area contributed by atoms with Crippen LogP contribution in [0.1, 0.15) is 10.4 Å². The average Bonchev–Trinajstić information content (AvgIpc) is 2.32. The lowest BCUT2D eigenvalue weighted by Crippen LogP contribution is -2.16. The van der Waals surface area contributed by atoms with Crippen LogP contribution in [0.3, 0.4) is 0 Å². The Bertz CT molecular complexity index is 667. The molecule has 2 nitrogen and oxygen atoms in total. The van der Waals surface area contributed by atoms with Crippen molar-refractivity contribution in [1.29, 1.82) is 0 Å². The van der Waals surface area contributed by atoms with Crippen LogP contribution in [-0.4, -0.2) is 5.91 Å². The van der Waals surface area contributed by atoms with Gasteiger partial charge in [0, 0.05) is 16.6 Å². The summed E-state index contributed by atoms with van der Waals surface area (Å²) in [6.45, 7) is 0. The molecule has 7 heteroatoms. The molecule has 104 valence electrons. The fourth-order valence-corrected chi connectivity index (χ4v) is 1.88. The van der Waals surface area contributed by atoms with Gasteiger partial charge < -0.3 is 5.32 Å². The number of carbonyl (C=O) groups is 1. The lowest BCUT2D eigenvalue weighted by Gasteiger charge is -2.09. The smallest absolute Gasteiger partial charge is 0.261 e. The molecule has 0 unspecified atom stereocenters. The molecule has 1 N–H and O–H groups in total. The van der Waals surface area contributed by atoms with Crippen LogP contribution in [0.25, 0.3) is 0 Å². The first-order valence-electron chi connectivity index (χ1n) is 5.29. The number of anilines is 1. The number of halogens is 5. The molecule has 0 spiro atoms. The zero-order chi connectivity index (χ0) is 14.9. The van der Waals surface area contributed by atoms with Gasteiger partial charge in [-0.1, -0.05) is 0 Å². The predicted octanol–water partition coefficient (Wildman–Crippen LogP) is 4.26. The molecule has 0 aliphatic rings. The molecular weight excluding hydrogens is 342 g/mol. The van der Waals surface area contributed by atoms with Crippen molar-refractivity contribution in [2.24, 2.45) is 0 Å². The van der Waals surface area contributed by atoms with Crippen molar-refractivity contribution in [2.45, 2.75) is 0 Å².